The molecule has 0 radical (unpaired) electrons. The quantitative estimate of drug-likeness (QED) is 0.850. The maximum Gasteiger partial charge on any atom is 0.222 e. The molecule has 0 saturated carbocycles. The minimum absolute atomic E-state index is 0. The Morgan fingerprint density at radius 1 is 1.10 bits per heavy atom. The summed E-state index contributed by atoms with van der Waals surface area (Å²) in [6, 6.07) is 1.42. The SMILES string of the molecule is CC1CCCN(C(=O)CC2CC3CCC(C2)N3)CC1.Cl. The molecule has 1 N–H and O–H groups in total. The molecule has 3 nitrogen and oxygen atoms in total. The van der Waals surface area contributed by atoms with Crippen molar-refractivity contribution in [3.63, 3.8) is 0 Å². The van der Waals surface area contributed by atoms with E-state index in [1.54, 1.807) is 0 Å². The summed E-state index contributed by atoms with van der Waals surface area (Å²) in [6.45, 7) is 4.32. The minimum atomic E-state index is 0. The van der Waals surface area contributed by atoms with Gasteiger partial charge < -0.3 is 10.2 Å². The van der Waals surface area contributed by atoms with Crippen LogP contribution < -0.4 is 5.32 Å². The summed E-state index contributed by atoms with van der Waals surface area (Å²) in [5.74, 6) is 1.87. The van der Waals surface area contributed by atoms with Crippen LogP contribution in [0, 0.1) is 11.8 Å². The minimum Gasteiger partial charge on any atom is -0.343 e. The molecular weight excluding hydrogens is 272 g/mol. The van der Waals surface area contributed by atoms with Gasteiger partial charge in [-0.25, -0.2) is 0 Å². The van der Waals surface area contributed by atoms with Crippen LogP contribution in [0.1, 0.15) is 58.3 Å². The Bertz CT molecular complexity index is 324. The Morgan fingerprint density at radius 3 is 2.50 bits per heavy atom. The van der Waals surface area contributed by atoms with Crippen molar-refractivity contribution in [2.45, 2.75) is 70.4 Å². The number of hydrogen-bond acceptors (Lipinski definition) is 2. The first-order chi connectivity index (χ1) is 9.20. The van der Waals surface area contributed by atoms with Crippen LogP contribution in [0.25, 0.3) is 0 Å². The van der Waals surface area contributed by atoms with Gasteiger partial charge in [-0.2, -0.15) is 0 Å². The number of rotatable bonds is 2. The number of carbonyl (C=O) groups is 1. The normalized spacial score (nSPS) is 37.1. The van der Waals surface area contributed by atoms with E-state index in [1.807, 2.05) is 0 Å². The van der Waals surface area contributed by atoms with E-state index >= 15 is 0 Å². The third-order valence-electron chi connectivity index (χ3n) is 5.40. The number of likely N-dealkylation sites (tertiary alicyclic amines) is 1. The fraction of sp³-hybridized carbons (Fsp3) is 0.938. The first kappa shape index (κ1) is 16.1. The van der Waals surface area contributed by atoms with Crippen LogP contribution in [-0.2, 0) is 4.79 Å². The molecule has 4 heteroatoms. The van der Waals surface area contributed by atoms with E-state index in [4.69, 9.17) is 0 Å². The van der Waals surface area contributed by atoms with Gasteiger partial charge in [-0.15, -0.1) is 12.4 Å². The third-order valence-corrected chi connectivity index (χ3v) is 5.40. The highest BCUT2D eigenvalue weighted by molar-refractivity contribution is 5.85. The van der Waals surface area contributed by atoms with Gasteiger partial charge in [0.05, 0.1) is 0 Å². The fourth-order valence-electron chi connectivity index (χ4n) is 4.23. The van der Waals surface area contributed by atoms with Gasteiger partial charge >= 0.3 is 0 Å². The molecular formula is C16H29ClN2O. The molecule has 3 rings (SSSR count). The van der Waals surface area contributed by atoms with Crippen molar-refractivity contribution < 1.29 is 4.79 Å². The average molecular weight is 301 g/mol. The summed E-state index contributed by atoms with van der Waals surface area (Å²) in [7, 11) is 0. The van der Waals surface area contributed by atoms with Crippen molar-refractivity contribution in [3.8, 4) is 0 Å². The molecule has 3 aliphatic rings. The maximum absolute atomic E-state index is 12.5. The number of nitrogens with zero attached hydrogens (tertiary/aromatic N) is 1. The molecule has 1 amide bonds. The lowest BCUT2D eigenvalue weighted by molar-refractivity contribution is -0.132. The first-order valence-corrected chi connectivity index (χ1v) is 8.24. The second-order valence-corrected chi connectivity index (χ2v) is 7.10. The molecule has 3 unspecified atom stereocenters. The Labute approximate surface area is 129 Å². The van der Waals surface area contributed by atoms with E-state index in [2.05, 4.69) is 17.1 Å². The van der Waals surface area contributed by atoms with Crippen LogP contribution in [0.2, 0.25) is 0 Å². The van der Waals surface area contributed by atoms with Gasteiger partial charge in [-0.3, -0.25) is 4.79 Å². The molecule has 0 aromatic rings. The predicted octanol–water partition coefficient (Wildman–Crippen LogP) is 2.98. The lowest BCUT2D eigenvalue weighted by atomic mass is 9.89. The lowest BCUT2D eigenvalue weighted by Gasteiger charge is -2.30. The molecule has 3 fully saturated rings. The van der Waals surface area contributed by atoms with Crippen molar-refractivity contribution in [2.24, 2.45) is 11.8 Å². The molecule has 3 heterocycles. The monoisotopic (exact) mass is 300 g/mol. The number of hydrogen-bond donors (Lipinski definition) is 1. The van der Waals surface area contributed by atoms with Crippen LogP contribution in [-0.4, -0.2) is 36.0 Å². The van der Waals surface area contributed by atoms with Gasteiger partial charge in [0, 0.05) is 31.6 Å². The van der Waals surface area contributed by atoms with E-state index in [1.165, 1.54) is 44.9 Å². The first-order valence-electron chi connectivity index (χ1n) is 8.24. The van der Waals surface area contributed by atoms with Gasteiger partial charge in [0.2, 0.25) is 5.91 Å². The summed E-state index contributed by atoms with van der Waals surface area (Å²) in [6.07, 6.45) is 9.62. The average Bonchev–Trinajstić information content (AvgIpc) is 2.60. The van der Waals surface area contributed by atoms with Gasteiger partial charge in [-0.05, 0) is 56.8 Å². The Morgan fingerprint density at radius 2 is 1.80 bits per heavy atom. The maximum atomic E-state index is 12.5. The molecule has 2 bridgehead atoms. The Balaban J connectivity index is 0.00000147. The molecule has 20 heavy (non-hydrogen) atoms. The standard InChI is InChI=1S/C16H28N2O.ClH/c1-12-3-2-7-18(8-6-12)16(19)11-13-9-14-4-5-15(10-13)17-14;/h12-15,17H,2-11H2,1H3;1H. The third kappa shape index (κ3) is 3.88. The lowest BCUT2D eigenvalue weighted by Crippen LogP contribution is -2.40. The van der Waals surface area contributed by atoms with Gasteiger partial charge in [0.1, 0.15) is 0 Å². The second kappa shape index (κ2) is 7.13. The molecule has 3 aliphatic heterocycles. The summed E-state index contributed by atoms with van der Waals surface area (Å²) < 4.78 is 0. The largest absolute Gasteiger partial charge is 0.343 e. The zero-order chi connectivity index (χ0) is 13.2. The highest BCUT2D eigenvalue weighted by atomic mass is 35.5. The van der Waals surface area contributed by atoms with Crippen LogP contribution in [0.4, 0.5) is 0 Å². The number of piperidine rings is 1. The van der Waals surface area contributed by atoms with Crippen LogP contribution >= 0.6 is 12.4 Å². The van der Waals surface area contributed by atoms with Crippen molar-refractivity contribution in [1.29, 1.82) is 0 Å². The highest BCUT2D eigenvalue weighted by Crippen LogP contribution is 2.33. The fourth-order valence-corrected chi connectivity index (χ4v) is 4.23. The smallest absolute Gasteiger partial charge is 0.222 e. The number of fused-ring (bicyclic) bond motifs is 2. The summed E-state index contributed by atoms with van der Waals surface area (Å²) in [5, 5.41) is 3.66. The number of carbonyl (C=O) groups excluding carboxylic acids is 1. The second-order valence-electron chi connectivity index (χ2n) is 7.10. The Kier molecular flexibility index (Phi) is 5.74. The van der Waals surface area contributed by atoms with E-state index in [0.717, 1.165) is 25.4 Å². The van der Waals surface area contributed by atoms with E-state index in [9.17, 15) is 4.79 Å². The molecule has 0 aliphatic carbocycles. The molecule has 3 saturated heterocycles. The van der Waals surface area contributed by atoms with Gasteiger partial charge in [0.25, 0.3) is 0 Å². The van der Waals surface area contributed by atoms with Crippen molar-refractivity contribution in [2.75, 3.05) is 13.1 Å². The highest BCUT2D eigenvalue weighted by Gasteiger charge is 2.34. The summed E-state index contributed by atoms with van der Waals surface area (Å²) in [5.41, 5.74) is 0. The predicted molar refractivity (Wildman–Crippen MR) is 84.1 cm³/mol. The summed E-state index contributed by atoms with van der Waals surface area (Å²) >= 11 is 0. The number of halogens is 1. The van der Waals surface area contributed by atoms with Gasteiger partial charge in [-0.1, -0.05) is 6.92 Å². The zero-order valence-corrected chi connectivity index (χ0v) is 13.5. The molecule has 0 aromatic heterocycles. The van der Waals surface area contributed by atoms with E-state index in [0.29, 0.717) is 23.9 Å². The summed E-state index contributed by atoms with van der Waals surface area (Å²) in [4.78, 5) is 14.6. The molecule has 0 spiro atoms. The Hall–Kier alpha value is -0.280. The van der Waals surface area contributed by atoms with Crippen molar-refractivity contribution >= 4 is 18.3 Å². The van der Waals surface area contributed by atoms with E-state index in [-0.39, 0.29) is 12.4 Å². The molecule has 0 aromatic carbocycles. The molecule has 116 valence electrons. The number of amides is 1. The van der Waals surface area contributed by atoms with E-state index < -0.39 is 0 Å². The van der Waals surface area contributed by atoms with Crippen LogP contribution in [0.5, 0.6) is 0 Å². The van der Waals surface area contributed by atoms with Crippen molar-refractivity contribution in [1.82, 2.24) is 10.2 Å². The topological polar surface area (TPSA) is 32.3 Å². The molecule has 3 atom stereocenters. The van der Waals surface area contributed by atoms with Crippen LogP contribution in [0.15, 0.2) is 0 Å². The van der Waals surface area contributed by atoms with Gasteiger partial charge in [0.15, 0.2) is 0 Å². The van der Waals surface area contributed by atoms with Crippen molar-refractivity contribution in [3.05, 3.63) is 0 Å². The van der Waals surface area contributed by atoms with Crippen LogP contribution in [0.3, 0.4) is 0 Å². The number of nitrogens with one attached hydrogen (secondary N) is 1. The zero-order valence-electron chi connectivity index (χ0n) is 12.6.